The first-order chi connectivity index (χ1) is 21.2. The highest BCUT2D eigenvalue weighted by molar-refractivity contribution is 9.10. The molecule has 3 aromatic carbocycles. The Morgan fingerprint density at radius 2 is 1.59 bits per heavy atom. The second-order valence-electron chi connectivity index (χ2n) is 12.7. The number of amides is 4. The Balaban J connectivity index is 1.13. The molecule has 9 heteroatoms. The zero-order valence-electron chi connectivity index (χ0n) is 24.3. The summed E-state index contributed by atoms with van der Waals surface area (Å²) in [7, 11) is 1.51. The molecule has 8 rings (SSSR count). The zero-order chi connectivity index (χ0) is 30.6. The minimum atomic E-state index is -0.760. The minimum Gasteiger partial charge on any atom is -0.493 e. The first-order valence-electron chi connectivity index (χ1n) is 15.0. The van der Waals surface area contributed by atoms with Crippen LogP contribution in [0, 0.1) is 17.8 Å². The normalized spacial score (nSPS) is 26.7. The number of ether oxygens (including phenoxy) is 2. The van der Waals surface area contributed by atoms with Gasteiger partial charge in [-0.3, -0.25) is 14.9 Å². The van der Waals surface area contributed by atoms with Crippen LogP contribution in [0.25, 0.3) is 6.08 Å². The lowest BCUT2D eigenvalue weighted by Crippen LogP contribution is -2.54. The van der Waals surface area contributed by atoms with Gasteiger partial charge in [0.2, 0.25) is 0 Å². The highest BCUT2D eigenvalue weighted by Crippen LogP contribution is 2.60. The van der Waals surface area contributed by atoms with Crippen LogP contribution < -0.4 is 19.7 Å². The molecule has 4 bridgehead atoms. The molecule has 1 saturated heterocycles. The van der Waals surface area contributed by atoms with Gasteiger partial charge >= 0.3 is 6.03 Å². The summed E-state index contributed by atoms with van der Waals surface area (Å²) in [5, 5.41) is 2.97. The van der Waals surface area contributed by atoms with E-state index in [0.29, 0.717) is 32.2 Å². The Kier molecular flexibility index (Phi) is 7.53. The molecule has 3 aromatic rings. The largest absolute Gasteiger partial charge is 0.493 e. The van der Waals surface area contributed by atoms with E-state index < -0.39 is 17.8 Å². The van der Waals surface area contributed by atoms with E-state index in [2.05, 4.69) is 33.4 Å². The molecule has 0 aromatic heterocycles. The van der Waals surface area contributed by atoms with Crippen molar-refractivity contribution in [2.75, 3.05) is 12.0 Å². The summed E-state index contributed by atoms with van der Waals surface area (Å²) >= 11 is 9.52. The minimum absolute atomic E-state index is 0.154. The lowest BCUT2D eigenvalue weighted by Gasteiger charge is -2.57. The average molecular weight is 676 g/mol. The first-order valence-corrected chi connectivity index (χ1v) is 16.2. The Labute approximate surface area is 269 Å². The number of urea groups is 1. The molecule has 0 unspecified atom stereocenters. The lowest BCUT2D eigenvalue weighted by atomic mass is 9.48. The molecule has 4 aliphatic carbocycles. The van der Waals surface area contributed by atoms with E-state index in [1.54, 1.807) is 24.3 Å². The Morgan fingerprint density at radius 1 is 0.955 bits per heavy atom. The van der Waals surface area contributed by atoms with Gasteiger partial charge in [-0.1, -0.05) is 35.9 Å². The number of imide groups is 2. The van der Waals surface area contributed by atoms with Gasteiger partial charge in [-0.15, -0.1) is 0 Å². The fourth-order valence-corrected chi connectivity index (χ4v) is 8.89. The summed E-state index contributed by atoms with van der Waals surface area (Å²) in [5.41, 5.74) is 3.24. The zero-order valence-corrected chi connectivity index (χ0v) is 26.6. The van der Waals surface area contributed by atoms with Gasteiger partial charge in [0.05, 0.1) is 17.3 Å². The van der Waals surface area contributed by atoms with Gasteiger partial charge in [0, 0.05) is 5.02 Å². The summed E-state index contributed by atoms with van der Waals surface area (Å²) in [6, 6.07) is 17.8. The third-order valence-corrected chi connectivity index (χ3v) is 10.6. The molecule has 4 amide bonds. The highest BCUT2D eigenvalue weighted by atomic mass is 79.9. The van der Waals surface area contributed by atoms with Crippen LogP contribution in [0.4, 0.5) is 10.5 Å². The van der Waals surface area contributed by atoms with Gasteiger partial charge in [-0.2, -0.15) is 0 Å². The molecule has 1 aliphatic heterocycles. The maximum atomic E-state index is 13.6. The number of nitrogens with one attached hydrogen (secondary N) is 1. The molecule has 0 radical (unpaired) electrons. The van der Waals surface area contributed by atoms with Crippen LogP contribution in [-0.4, -0.2) is 25.0 Å². The van der Waals surface area contributed by atoms with E-state index in [1.807, 2.05) is 24.3 Å². The summed E-state index contributed by atoms with van der Waals surface area (Å²) in [4.78, 5) is 40.5. The van der Waals surface area contributed by atoms with Gasteiger partial charge in [0.15, 0.2) is 11.5 Å². The third kappa shape index (κ3) is 5.32. The second kappa shape index (κ2) is 11.4. The van der Waals surface area contributed by atoms with E-state index in [4.69, 9.17) is 21.1 Å². The third-order valence-electron chi connectivity index (χ3n) is 9.74. The number of hydrogen-bond donors (Lipinski definition) is 1. The Morgan fingerprint density at radius 3 is 2.20 bits per heavy atom. The van der Waals surface area contributed by atoms with Crippen LogP contribution in [-0.2, 0) is 21.6 Å². The van der Waals surface area contributed by atoms with E-state index >= 15 is 0 Å². The van der Waals surface area contributed by atoms with Crippen LogP contribution in [0.3, 0.4) is 0 Å². The van der Waals surface area contributed by atoms with Crippen LogP contribution in [0.5, 0.6) is 11.5 Å². The van der Waals surface area contributed by atoms with Crippen LogP contribution in [0.15, 0.2) is 70.7 Å². The molecule has 7 nitrogen and oxygen atoms in total. The van der Waals surface area contributed by atoms with Gasteiger partial charge < -0.3 is 9.47 Å². The average Bonchev–Trinajstić information content (AvgIpc) is 2.99. The molecule has 0 spiro atoms. The molecule has 226 valence electrons. The summed E-state index contributed by atoms with van der Waals surface area (Å²) in [6.07, 6.45) is 9.24. The SMILES string of the molecule is COc1cc(/C=C2\C(=O)NC(=O)N(c3ccc(C45CC6CC(CC(C6)C4)C5)cc3)C2=O)cc(Br)c1OCc1ccc(Cl)cc1. The molecular weight excluding hydrogens is 644 g/mol. The number of hydrogen-bond acceptors (Lipinski definition) is 5. The van der Waals surface area contributed by atoms with E-state index in [1.165, 1.54) is 57.3 Å². The van der Waals surface area contributed by atoms with Crippen molar-refractivity contribution < 1.29 is 23.9 Å². The van der Waals surface area contributed by atoms with Crippen molar-refractivity contribution in [2.45, 2.75) is 50.5 Å². The molecule has 1 N–H and O–H groups in total. The Bertz CT molecular complexity index is 1650. The maximum absolute atomic E-state index is 13.6. The highest BCUT2D eigenvalue weighted by Gasteiger charge is 2.51. The van der Waals surface area contributed by atoms with Crippen molar-refractivity contribution in [1.82, 2.24) is 5.32 Å². The number of carbonyl (C=O) groups excluding carboxylic acids is 3. The summed E-state index contributed by atoms with van der Waals surface area (Å²) in [5.74, 6) is 1.90. The van der Waals surface area contributed by atoms with Gasteiger partial charge in [-0.05, 0) is 137 Å². The number of halogens is 2. The maximum Gasteiger partial charge on any atom is 0.335 e. The van der Waals surface area contributed by atoms with Gasteiger partial charge in [0.25, 0.3) is 11.8 Å². The second-order valence-corrected chi connectivity index (χ2v) is 13.9. The van der Waals surface area contributed by atoms with E-state index in [9.17, 15) is 14.4 Å². The molecule has 0 atom stereocenters. The number of methoxy groups -OCH3 is 1. The van der Waals surface area contributed by atoms with Crippen molar-refractivity contribution in [2.24, 2.45) is 17.8 Å². The molecule has 44 heavy (non-hydrogen) atoms. The van der Waals surface area contributed by atoms with E-state index in [0.717, 1.165) is 28.2 Å². The molecular formula is C35H32BrClN2O5. The number of benzene rings is 3. The number of barbiturate groups is 1. The predicted octanol–water partition coefficient (Wildman–Crippen LogP) is 7.82. The standard InChI is InChI=1S/C35H32BrClN2O5/c1-43-30-15-21(14-29(36)31(30)44-19-20-2-6-26(37)7-3-20)13-28-32(40)38-34(42)39(33(28)41)27-8-4-25(5-9-27)35-16-22-10-23(17-35)12-24(11-22)18-35/h2-9,13-15,22-24H,10-12,16-19H2,1H3,(H,38,40,42)/b28-13+. The smallest absolute Gasteiger partial charge is 0.335 e. The van der Waals surface area contributed by atoms with E-state index in [-0.39, 0.29) is 17.6 Å². The molecule has 5 aliphatic rings. The van der Waals surface area contributed by atoms with Gasteiger partial charge in [-0.25, -0.2) is 9.69 Å². The molecule has 4 saturated carbocycles. The van der Waals surface area contributed by atoms with Crippen molar-refractivity contribution in [1.29, 1.82) is 0 Å². The number of anilines is 1. The number of carbonyl (C=O) groups is 3. The van der Waals surface area contributed by atoms with Crippen LogP contribution in [0.2, 0.25) is 5.02 Å². The lowest BCUT2D eigenvalue weighted by molar-refractivity contribution is -0.122. The fourth-order valence-electron chi connectivity index (χ4n) is 8.19. The molecule has 5 fully saturated rings. The summed E-state index contributed by atoms with van der Waals surface area (Å²) < 4.78 is 12.2. The van der Waals surface area contributed by atoms with Crippen molar-refractivity contribution >= 4 is 57.1 Å². The van der Waals surface area contributed by atoms with Crippen molar-refractivity contribution in [3.05, 3.63) is 92.4 Å². The number of rotatable bonds is 7. The van der Waals surface area contributed by atoms with Crippen LogP contribution in [0.1, 0.15) is 55.2 Å². The van der Waals surface area contributed by atoms with Crippen LogP contribution >= 0.6 is 27.5 Å². The fraction of sp³-hybridized carbons (Fsp3) is 0.343. The predicted molar refractivity (Wildman–Crippen MR) is 172 cm³/mol. The van der Waals surface area contributed by atoms with Crippen molar-refractivity contribution in [3.8, 4) is 11.5 Å². The monoisotopic (exact) mass is 674 g/mol. The summed E-state index contributed by atoms with van der Waals surface area (Å²) in [6.45, 7) is 0.284. The van der Waals surface area contributed by atoms with Gasteiger partial charge in [0.1, 0.15) is 12.2 Å². The topological polar surface area (TPSA) is 84.9 Å². The van der Waals surface area contributed by atoms with Crippen molar-refractivity contribution in [3.63, 3.8) is 0 Å². The quantitative estimate of drug-likeness (QED) is 0.204. The molecule has 1 heterocycles. The first kappa shape index (κ1) is 29.1. The Hall–Kier alpha value is -3.62. The number of nitrogens with zero attached hydrogens (tertiary/aromatic N) is 1.